The van der Waals surface area contributed by atoms with Gasteiger partial charge in [-0.1, -0.05) is 0 Å². The van der Waals surface area contributed by atoms with Crippen LogP contribution in [0.2, 0.25) is 0 Å². The van der Waals surface area contributed by atoms with Crippen molar-refractivity contribution in [2.45, 2.75) is 0 Å². The minimum atomic E-state index is -4.49. The average Bonchev–Trinajstić information content (AvgIpc) is 1.81. The van der Waals surface area contributed by atoms with E-state index in [1.807, 2.05) is 0 Å². The second-order valence-corrected chi connectivity index (χ2v) is 3.58. The predicted octanol–water partition coefficient (Wildman–Crippen LogP) is -3.62. The third-order valence-corrected chi connectivity index (χ3v) is 1.56. The van der Waals surface area contributed by atoms with Crippen LogP contribution in [-0.2, 0) is 9.36 Å². The Morgan fingerprint density at radius 2 is 2.15 bits per heavy atom. The van der Waals surface area contributed by atoms with Crippen molar-refractivity contribution in [2.75, 3.05) is 13.6 Å². The van der Waals surface area contributed by atoms with E-state index in [-0.39, 0.29) is 0 Å². The normalized spacial score (nSPS) is 13.5. The predicted molar refractivity (Wildman–Crippen MR) is 40.4 cm³/mol. The molecule has 0 rings (SSSR count). The molecular weight excluding hydrogens is 201 g/mol. The lowest BCUT2D eigenvalue weighted by molar-refractivity contribution is -0.502. The minimum absolute atomic E-state index is 0.433. The topological polar surface area (TPSA) is 139 Å². The van der Waals surface area contributed by atoms with Gasteiger partial charge in [0.2, 0.25) is 0 Å². The Labute approximate surface area is 73.9 Å². The largest absolute Gasteiger partial charge is 0.547 e. The number of carbonyl (C=O) groups excluding carboxylic acids is 1. The van der Waals surface area contributed by atoms with Crippen molar-refractivity contribution >= 4 is 19.7 Å². The first-order valence-corrected chi connectivity index (χ1v) is 4.71. The van der Waals surface area contributed by atoms with Crippen molar-refractivity contribution in [1.29, 1.82) is 0 Å². The first-order chi connectivity index (χ1) is 5.72. The number of aliphatic carboxylic acids is 1. The summed E-state index contributed by atoms with van der Waals surface area (Å²) in [7, 11) is -3.24. The maximum absolute atomic E-state index is 10.3. The summed E-state index contributed by atoms with van der Waals surface area (Å²) in [6, 6.07) is 0. The second kappa shape index (κ2) is 4.22. The van der Waals surface area contributed by atoms with Gasteiger partial charge in [-0.25, -0.2) is 4.57 Å². The molecule has 0 aliphatic carbocycles. The monoisotopic (exact) mass is 211 g/mol. The average molecular weight is 211 g/mol. The molecule has 0 aliphatic rings. The smallest absolute Gasteiger partial charge is 0.489 e. The molecule has 0 unspecified atom stereocenters. The first-order valence-electron chi connectivity index (χ1n) is 3.09. The number of carboxylic acids is 1. The van der Waals surface area contributed by atoms with E-state index < -0.39 is 26.2 Å². The molecule has 76 valence electrons. The number of rotatable bonds is 3. The van der Waals surface area contributed by atoms with Crippen LogP contribution in [0.15, 0.2) is 0 Å². The number of hydrogen-bond donors (Lipinski definition) is 4. The number of likely N-dealkylation sites (N-methyl/N-ethyl adjacent to an activating group) is 1. The highest BCUT2D eigenvalue weighted by molar-refractivity contribution is 7.50. The molecule has 0 aromatic carbocycles. The lowest BCUT2D eigenvalue weighted by Gasteiger charge is -2.07. The summed E-state index contributed by atoms with van der Waals surface area (Å²) in [5, 5.41) is 11.7. The van der Waals surface area contributed by atoms with Crippen LogP contribution in [0.5, 0.6) is 0 Å². The molecule has 9 heteroatoms. The summed E-state index contributed by atoms with van der Waals surface area (Å²) in [6.07, 6.45) is 0. The summed E-state index contributed by atoms with van der Waals surface area (Å²) >= 11 is 0. The Balaban J connectivity index is 4.45. The Kier molecular flexibility index (Phi) is 3.86. The van der Waals surface area contributed by atoms with E-state index in [0.717, 1.165) is 4.58 Å². The summed E-state index contributed by atoms with van der Waals surface area (Å²) in [5.41, 5.74) is 5.10. The Bertz CT molecular complexity index is 282. The van der Waals surface area contributed by atoms with Gasteiger partial charge in [0.15, 0.2) is 0 Å². The van der Waals surface area contributed by atoms with Gasteiger partial charge in [0.25, 0.3) is 0 Å². The van der Waals surface area contributed by atoms with Crippen LogP contribution in [0.1, 0.15) is 0 Å². The molecule has 0 aliphatic heterocycles. The molecule has 0 aromatic heterocycles. The van der Waals surface area contributed by atoms with Crippen molar-refractivity contribution in [3.8, 4) is 0 Å². The number of carbonyl (C=O) groups is 1. The van der Waals surface area contributed by atoms with Gasteiger partial charge in [-0.05, 0) is 0 Å². The van der Waals surface area contributed by atoms with Crippen molar-refractivity contribution in [1.82, 2.24) is 5.09 Å². The fourth-order valence-electron chi connectivity index (χ4n) is 0.513. The highest BCUT2D eigenvalue weighted by Gasteiger charge is 2.20. The van der Waals surface area contributed by atoms with Crippen molar-refractivity contribution in [3.63, 3.8) is 0 Å². The van der Waals surface area contributed by atoms with Gasteiger partial charge in [0, 0.05) is 0 Å². The Morgan fingerprint density at radius 3 is 2.46 bits per heavy atom. The lowest BCUT2D eigenvalue weighted by atomic mass is 10.6. The molecule has 8 nitrogen and oxygen atoms in total. The van der Waals surface area contributed by atoms with Crippen molar-refractivity contribution < 1.29 is 28.8 Å². The molecule has 13 heavy (non-hydrogen) atoms. The van der Waals surface area contributed by atoms with E-state index in [2.05, 4.69) is 0 Å². The Morgan fingerprint density at radius 1 is 1.69 bits per heavy atom. The van der Waals surface area contributed by atoms with Crippen molar-refractivity contribution in [3.05, 3.63) is 0 Å². The molecule has 5 N–H and O–H groups in total. The Hall–Kier alpha value is -1.11. The van der Waals surface area contributed by atoms with Crippen LogP contribution >= 0.6 is 7.75 Å². The molecule has 0 bridgehead atoms. The fourth-order valence-corrected chi connectivity index (χ4v) is 0.983. The van der Waals surface area contributed by atoms with Gasteiger partial charge < -0.3 is 9.90 Å². The van der Waals surface area contributed by atoms with Crippen molar-refractivity contribution in [2.24, 2.45) is 5.73 Å². The highest BCUT2D eigenvalue weighted by atomic mass is 31.2. The van der Waals surface area contributed by atoms with Gasteiger partial charge in [0.1, 0.15) is 6.54 Å². The zero-order chi connectivity index (χ0) is 10.6. The van der Waals surface area contributed by atoms with Crippen LogP contribution in [0.25, 0.3) is 0 Å². The zero-order valence-corrected chi connectivity index (χ0v) is 7.69. The minimum Gasteiger partial charge on any atom is -0.547 e. The maximum Gasteiger partial charge on any atom is 0.489 e. The highest BCUT2D eigenvalue weighted by Crippen LogP contribution is 2.26. The third kappa shape index (κ3) is 6.09. The van der Waals surface area contributed by atoms with Crippen LogP contribution in [0.3, 0.4) is 0 Å². The van der Waals surface area contributed by atoms with Gasteiger partial charge in [-0.15, -0.1) is 0 Å². The van der Waals surface area contributed by atoms with E-state index in [1.54, 1.807) is 5.09 Å². The SMILES string of the molecule is C[N+](CC(=O)[O-])=C(N)NP(=O)(O)O. The number of guanidine groups is 1. The van der Waals surface area contributed by atoms with E-state index in [1.165, 1.54) is 7.05 Å². The molecule has 0 radical (unpaired) electrons. The number of carboxylic acid groups (broad SMARTS) is 1. The maximum atomic E-state index is 10.3. The molecule has 0 spiro atoms. The summed E-state index contributed by atoms with van der Waals surface area (Å²) in [5.74, 6) is -1.84. The van der Waals surface area contributed by atoms with Crippen LogP contribution in [-0.4, -0.2) is 39.9 Å². The third-order valence-electron chi connectivity index (χ3n) is 1.04. The number of nitrogens with two attached hydrogens (primary N) is 1. The molecular formula is C4H10N3O5P. The summed E-state index contributed by atoms with van der Waals surface area (Å²) in [6.45, 7) is -0.557. The first kappa shape index (κ1) is 11.9. The lowest BCUT2D eigenvalue weighted by Crippen LogP contribution is -2.42. The zero-order valence-electron chi connectivity index (χ0n) is 6.80. The van der Waals surface area contributed by atoms with E-state index in [0.29, 0.717) is 0 Å². The summed E-state index contributed by atoms with van der Waals surface area (Å²) < 4.78 is 11.2. The van der Waals surface area contributed by atoms with Crippen LogP contribution in [0, 0.1) is 0 Å². The number of hydrogen-bond acceptors (Lipinski definition) is 3. The summed E-state index contributed by atoms with van der Waals surface area (Å²) in [4.78, 5) is 26.8. The molecule has 0 atom stereocenters. The standard InChI is InChI=1S/C4H10N3O5P/c1-7(2-3(8)9)4(5)6-13(10,11)12/h2H2,1H3,(H5,5,6,8,9,10,11,12). The van der Waals surface area contributed by atoms with Crippen LogP contribution < -0.4 is 15.9 Å². The molecule has 0 heterocycles. The molecule has 0 saturated heterocycles. The van der Waals surface area contributed by atoms with Gasteiger partial charge in [-0.3, -0.25) is 20.1 Å². The van der Waals surface area contributed by atoms with E-state index >= 15 is 0 Å². The second-order valence-electron chi connectivity index (χ2n) is 2.27. The molecule has 0 fully saturated rings. The van der Waals surface area contributed by atoms with Gasteiger partial charge in [0.05, 0.1) is 13.0 Å². The van der Waals surface area contributed by atoms with Crippen LogP contribution in [0.4, 0.5) is 0 Å². The molecule has 0 saturated carbocycles. The fraction of sp³-hybridized carbons (Fsp3) is 0.500. The van der Waals surface area contributed by atoms with E-state index in [9.17, 15) is 14.5 Å². The number of nitrogens with one attached hydrogen (secondary N) is 1. The van der Waals surface area contributed by atoms with Gasteiger partial charge >= 0.3 is 13.7 Å². The molecule has 0 aromatic rings. The molecule has 0 amide bonds. The van der Waals surface area contributed by atoms with Gasteiger partial charge in [-0.2, -0.15) is 5.09 Å². The number of nitrogens with zero attached hydrogens (tertiary/aromatic N) is 1. The van der Waals surface area contributed by atoms with E-state index in [4.69, 9.17) is 15.5 Å². The quantitative estimate of drug-likeness (QED) is 0.163.